The van der Waals surface area contributed by atoms with Gasteiger partial charge in [0.05, 0.1) is 11.8 Å². The molecule has 0 spiro atoms. The third kappa shape index (κ3) is 2.29. The van der Waals surface area contributed by atoms with Crippen LogP contribution in [0, 0.1) is 0 Å². The van der Waals surface area contributed by atoms with Gasteiger partial charge in [0.25, 0.3) is 0 Å². The predicted octanol–water partition coefficient (Wildman–Crippen LogP) is 0.678. The van der Waals surface area contributed by atoms with Gasteiger partial charge in [0.1, 0.15) is 4.90 Å². The molecule has 1 aromatic rings. The van der Waals surface area contributed by atoms with Gasteiger partial charge < -0.3 is 10.5 Å². The van der Waals surface area contributed by atoms with Gasteiger partial charge in [-0.3, -0.25) is 0 Å². The number of sulfonamides is 1. The van der Waals surface area contributed by atoms with E-state index in [9.17, 15) is 8.42 Å². The number of benzene rings is 1. The van der Waals surface area contributed by atoms with E-state index in [1.165, 1.54) is 10.4 Å². The number of nitrogen functional groups attached to an aromatic ring is 1. The minimum atomic E-state index is -3.48. The molecule has 94 valence electrons. The van der Waals surface area contributed by atoms with Gasteiger partial charge in [-0.25, -0.2) is 8.42 Å². The van der Waals surface area contributed by atoms with Crippen LogP contribution in [0.4, 0.5) is 5.69 Å². The van der Waals surface area contributed by atoms with Crippen molar-refractivity contribution in [2.24, 2.45) is 0 Å². The first kappa shape index (κ1) is 12.3. The number of nitrogens with zero attached hydrogens (tertiary/aromatic N) is 1. The van der Waals surface area contributed by atoms with Gasteiger partial charge in [0, 0.05) is 20.2 Å². The number of para-hydroxylation sites is 1. The fraction of sp³-hybridized carbons (Fsp3) is 0.455. The highest BCUT2D eigenvalue weighted by Gasteiger charge is 2.33. The lowest BCUT2D eigenvalue weighted by Gasteiger charge is -2.17. The minimum Gasteiger partial charge on any atom is -0.398 e. The monoisotopic (exact) mass is 256 g/mol. The third-order valence-electron chi connectivity index (χ3n) is 2.98. The van der Waals surface area contributed by atoms with Gasteiger partial charge >= 0.3 is 0 Å². The minimum absolute atomic E-state index is 0.0188. The van der Waals surface area contributed by atoms with Crippen LogP contribution in [-0.4, -0.2) is 39.0 Å². The van der Waals surface area contributed by atoms with E-state index < -0.39 is 10.0 Å². The molecule has 2 rings (SSSR count). The molecule has 1 atom stereocenters. The van der Waals surface area contributed by atoms with Crippen LogP contribution >= 0.6 is 0 Å². The van der Waals surface area contributed by atoms with Crippen molar-refractivity contribution in [3.05, 3.63) is 24.3 Å². The van der Waals surface area contributed by atoms with Crippen LogP contribution in [0.5, 0.6) is 0 Å². The summed E-state index contributed by atoms with van der Waals surface area (Å²) in [6.07, 6.45) is 0.706. The molecule has 1 fully saturated rings. The molecule has 1 unspecified atom stereocenters. The lowest BCUT2D eigenvalue weighted by molar-refractivity contribution is 0.115. The van der Waals surface area contributed by atoms with Crippen LogP contribution in [0.15, 0.2) is 29.2 Å². The van der Waals surface area contributed by atoms with Crippen molar-refractivity contribution in [1.82, 2.24) is 4.31 Å². The van der Waals surface area contributed by atoms with Gasteiger partial charge in [-0.15, -0.1) is 0 Å². The standard InChI is InChI=1S/C11H16N2O3S/c1-16-9-6-7-13(8-9)17(14,15)11-5-3-2-4-10(11)12/h2-5,9H,6-8,12H2,1H3. The first-order chi connectivity index (χ1) is 8.05. The van der Waals surface area contributed by atoms with Crippen LogP contribution in [0.25, 0.3) is 0 Å². The summed E-state index contributed by atoms with van der Waals surface area (Å²) in [7, 11) is -1.89. The quantitative estimate of drug-likeness (QED) is 0.807. The molecule has 1 aliphatic heterocycles. The Hall–Kier alpha value is -1.11. The Morgan fingerprint density at radius 1 is 1.41 bits per heavy atom. The Balaban J connectivity index is 2.29. The number of hydrogen-bond acceptors (Lipinski definition) is 4. The highest BCUT2D eigenvalue weighted by Crippen LogP contribution is 2.25. The molecule has 17 heavy (non-hydrogen) atoms. The molecule has 0 saturated carbocycles. The lowest BCUT2D eigenvalue weighted by atomic mass is 10.3. The molecule has 0 bridgehead atoms. The van der Waals surface area contributed by atoms with Gasteiger partial charge in [-0.1, -0.05) is 12.1 Å². The van der Waals surface area contributed by atoms with E-state index >= 15 is 0 Å². The van der Waals surface area contributed by atoms with Crippen LogP contribution < -0.4 is 5.73 Å². The zero-order valence-corrected chi connectivity index (χ0v) is 10.5. The van der Waals surface area contributed by atoms with E-state index in [1.54, 1.807) is 25.3 Å². The molecule has 0 aromatic heterocycles. The average Bonchev–Trinajstić information content (AvgIpc) is 2.78. The molecular formula is C11H16N2O3S. The molecule has 5 nitrogen and oxygen atoms in total. The zero-order valence-electron chi connectivity index (χ0n) is 9.67. The van der Waals surface area contributed by atoms with Gasteiger partial charge in [0.2, 0.25) is 10.0 Å². The number of rotatable bonds is 3. The Kier molecular flexibility index (Phi) is 3.37. The molecule has 6 heteroatoms. The Morgan fingerprint density at radius 3 is 2.71 bits per heavy atom. The van der Waals surface area contributed by atoms with Crippen LogP contribution in [0.3, 0.4) is 0 Å². The van der Waals surface area contributed by atoms with Crippen LogP contribution in [-0.2, 0) is 14.8 Å². The fourth-order valence-electron chi connectivity index (χ4n) is 1.96. The number of hydrogen-bond donors (Lipinski definition) is 1. The van der Waals surface area contributed by atoms with Crippen molar-refractivity contribution in [3.8, 4) is 0 Å². The van der Waals surface area contributed by atoms with Gasteiger partial charge in [-0.05, 0) is 18.6 Å². The summed E-state index contributed by atoms with van der Waals surface area (Å²) in [4.78, 5) is 0.178. The SMILES string of the molecule is COC1CCN(S(=O)(=O)c2ccccc2N)C1. The van der Waals surface area contributed by atoms with Crippen molar-refractivity contribution in [2.45, 2.75) is 17.4 Å². The summed E-state index contributed by atoms with van der Waals surface area (Å²) >= 11 is 0. The van der Waals surface area contributed by atoms with Crippen molar-refractivity contribution >= 4 is 15.7 Å². The Labute approximate surface area is 101 Å². The maximum absolute atomic E-state index is 12.3. The largest absolute Gasteiger partial charge is 0.398 e. The lowest BCUT2D eigenvalue weighted by Crippen LogP contribution is -2.30. The first-order valence-electron chi connectivity index (χ1n) is 5.43. The van der Waals surface area contributed by atoms with E-state index in [1.807, 2.05) is 0 Å². The summed E-state index contributed by atoms with van der Waals surface area (Å²) in [6.45, 7) is 0.877. The average molecular weight is 256 g/mol. The summed E-state index contributed by atoms with van der Waals surface area (Å²) in [5, 5.41) is 0. The normalized spacial score (nSPS) is 21.8. The highest BCUT2D eigenvalue weighted by atomic mass is 32.2. The molecule has 0 aliphatic carbocycles. The van der Waals surface area contributed by atoms with E-state index in [-0.39, 0.29) is 16.7 Å². The molecular weight excluding hydrogens is 240 g/mol. The maximum Gasteiger partial charge on any atom is 0.245 e. The second-order valence-electron chi connectivity index (χ2n) is 4.05. The number of methoxy groups -OCH3 is 1. The van der Waals surface area contributed by atoms with E-state index in [0.717, 1.165) is 6.42 Å². The smallest absolute Gasteiger partial charge is 0.245 e. The van der Waals surface area contributed by atoms with Crippen molar-refractivity contribution in [2.75, 3.05) is 25.9 Å². The maximum atomic E-state index is 12.3. The van der Waals surface area contributed by atoms with E-state index in [0.29, 0.717) is 13.1 Å². The van der Waals surface area contributed by atoms with Crippen molar-refractivity contribution in [3.63, 3.8) is 0 Å². The van der Waals surface area contributed by atoms with Gasteiger partial charge in [0.15, 0.2) is 0 Å². The second-order valence-corrected chi connectivity index (χ2v) is 5.95. The summed E-state index contributed by atoms with van der Waals surface area (Å²) in [5.41, 5.74) is 5.99. The summed E-state index contributed by atoms with van der Waals surface area (Å²) in [6, 6.07) is 6.52. The first-order valence-corrected chi connectivity index (χ1v) is 6.87. The molecule has 1 saturated heterocycles. The second kappa shape index (κ2) is 4.64. The zero-order chi connectivity index (χ0) is 12.5. The number of anilines is 1. The fourth-order valence-corrected chi connectivity index (χ4v) is 3.57. The van der Waals surface area contributed by atoms with Gasteiger partial charge in [-0.2, -0.15) is 4.31 Å². The van der Waals surface area contributed by atoms with Crippen LogP contribution in [0.2, 0.25) is 0 Å². The molecule has 1 aliphatic rings. The van der Waals surface area contributed by atoms with E-state index in [4.69, 9.17) is 10.5 Å². The van der Waals surface area contributed by atoms with Crippen molar-refractivity contribution < 1.29 is 13.2 Å². The molecule has 2 N–H and O–H groups in total. The number of nitrogens with two attached hydrogens (primary N) is 1. The topological polar surface area (TPSA) is 72.6 Å². The van der Waals surface area contributed by atoms with Crippen molar-refractivity contribution in [1.29, 1.82) is 0 Å². The highest BCUT2D eigenvalue weighted by molar-refractivity contribution is 7.89. The molecule has 0 amide bonds. The Bertz CT molecular complexity index is 501. The van der Waals surface area contributed by atoms with Crippen LogP contribution in [0.1, 0.15) is 6.42 Å². The third-order valence-corrected chi connectivity index (χ3v) is 4.92. The van der Waals surface area contributed by atoms with E-state index in [2.05, 4.69) is 0 Å². The predicted molar refractivity (Wildman–Crippen MR) is 65.0 cm³/mol. The number of ether oxygens (including phenoxy) is 1. The summed E-state index contributed by atoms with van der Waals surface area (Å²) < 4.78 is 31.2. The Morgan fingerprint density at radius 2 is 2.12 bits per heavy atom. The molecule has 0 radical (unpaired) electrons. The molecule has 1 aromatic carbocycles. The summed E-state index contributed by atoms with van der Waals surface area (Å²) in [5.74, 6) is 0. The molecule has 1 heterocycles.